The summed E-state index contributed by atoms with van der Waals surface area (Å²) in [6.07, 6.45) is 4.99. The first-order chi connectivity index (χ1) is 9.70. The number of nitrogens with one attached hydrogen (secondary N) is 1. The molecule has 0 atom stereocenters. The smallest absolute Gasteiger partial charge is 0.174 e. The van der Waals surface area contributed by atoms with E-state index < -0.39 is 0 Å². The quantitative estimate of drug-likeness (QED) is 0.556. The number of nitrogen functional groups attached to an aromatic ring is 1. The van der Waals surface area contributed by atoms with Crippen LogP contribution < -0.4 is 5.73 Å². The van der Waals surface area contributed by atoms with Gasteiger partial charge in [0.25, 0.3) is 0 Å². The fourth-order valence-electron chi connectivity index (χ4n) is 2.02. The lowest BCUT2D eigenvalue weighted by Crippen LogP contribution is -2.13. The number of aromatic nitrogens is 4. The second-order valence-electron chi connectivity index (χ2n) is 4.19. The normalized spacial score (nSPS) is 10.6. The Hall–Kier alpha value is -3.02. The zero-order valence-corrected chi connectivity index (χ0v) is 10.6. The fourth-order valence-corrected chi connectivity index (χ4v) is 2.02. The van der Waals surface area contributed by atoms with E-state index in [-0.39, 0.29) is 5.84 Å². The van der Waals surface area contributed by atoms with Crippen molar-refractivity contribution in [2.75, 3.05) is 0 Å². The fraction of sp³-hybridized carbons (Fsp3) is 0. The summed E-state index contributed by atoms with van der Waals surface area (Å²) in [6, 6.07) is 7.41. The summed E-state index contributed by atoms with van der Waals surface area (Å²) in [5.74, 6) is 0.452. The maximum absolute atomic E-state index is 7.62. The van der Waals surface area contributed by atoms with Crippen molar-refractivity contribution < 1.29 is 0 Å². The van der Waals surface area contributed by atoms with Gasteiger partial charge in [0.15, 0.2) is 11.5 Å². The van der Waals surface area contributed by atoms with Crippen LogP contribution in [-0.4, -0.2) is 25.4 Å². The highest BCUT2D eigenvalue weighted by Crippen LogP contribution is 2.21. The second kappa shape index (κ2) is 4.58. The molecule has 20 heavy (non-hydrogen) atoms. The minimum Gasteiger partial charge on any atom is -0.384 e. The number of rotatable bonds is 3. The summed E-state index contributed by atoms with van der Waals surface area (Å²) in [4.78, 5) is 8.34. The van der Waals surface area contributed by atoms with Crippen LogP contribution in [0.25, 0.3) is 23.0 Å². The van der Waals surface area contributed by atoms with Crippen LogP contribution in [0.4, 0.5) is 0 Å². The van der Waals surface area contributed by atoms with E-state index in [4.69, 9.17) is 11.1 Å². The van der Waals surface area contributed by atoms with Crippen molar-refractivity contribution in [1.29, 1.82) is 5.41 Å². The molecule has 0 fully saturated rings. The Morgan fingerprint density at radius 1 is 1.25 bits per heavy atom. The van der Waals surface area contributed by atoms with Gasteiger partial charge in [-0.2, -0.15) is 0 Å². The molecular weight excluding hydrogens is 252 g/mol. The molecule has 6 nitrogen and oxygen atoms in total. The first-order valence-electron chi connectivity index (χ1n) is 5.97. The maximum Gasteiger partial charge on any atom is 0.174 e. The average molecular weight is 264 g/mol. The number of hydrogen-bond acceptors (Lipinski definition) is 4. The highest BCUT2D eigenvalue weighted by atomic mass is 15.3. The summed E-state index contributed by atoms with van der Waals surface area (Å²) >= 11 is 0. The summed E-state index contributed by atoms with van der Waals surface area (Å²) in [5, 5.41) is 12.0. The highest BCUT2D eigenvalue weighted by molar-refractivity contribution is 6.01. The third kappa shape index (κ3) is 1.83. The predicted molar refractivity (Wildman–Crippen MR) is 77.3 cm³/mol. The van der Waals surface area contributed by atoms with Crippen LogP contribution in [0, 0.1) is 5.41 Å². The Labute approximate surface area is 115 Å². The van der Waals surface area contributed by atoms with E-state index in [0.717, 1.165) is 11.3 Å². The predicted octanol–water partition coefficient (Wildman–Crippen LogP) is 1.72. The van der Waals surface area contributed by atoms with Crippen molar-refractivity contribution in [3.8, 4) is 11.3 Å². The minimum absolute atomic E-state index is 0.0423. The molecule has 0 aromatic carbocycles. The summed E-state index contributed by atoms with van der Waals surface area (Å²) in [5.41, 5.74) is 8.49. The van der Waals surface area contributed by atoms with Crippen LogP contribution in [-0.2, 0) is 0 Å². The summed E-state index contributed by atoms with van der Waals surface area (Å²) in [7, 11) is 0. The molecular formula is C14H12N6. The van der Waals surface area contributed by atoms with Crippen molar-refractivity contribution in [2.45, 2.75) is 0 Å². The van der Waals surface area contributed by atoms with Gasteiger partial charge in [-0.1, -0.05) is 6.58 Å². The Kier molecular flexibility index (Phi) is 2.76. The van der Waals surface area contributed by atoms with E-state index in [0.29, 0.717) is 17.0 Å². The minimum atomic E-state index is -0.0423. The van der Waals surface area contributed by atoms with Gasteiger partial charge in [-0.15, -0.1) is 5.10 Å². The molecule has 0 saturated carbocycles. The van der Waals surface area contributed by atoms with Gasteiger partial charge in [0.05, 0.1) is 11.3 Å². The van der Waals surface area contributed by atoms with Crippen LogP contribution >= 0.6 is 0 Å². The van der Waals surface area contributed by atoms with Crippen molar-refractivity contribution in [3.05, 3.63) is 54.6 Å². The molecule has 3 rings (SSSR count). The van der Waals surface area contributed by atoms with E-state index in [1.807, 2.05) is 18.2 Å². The molecule has 6 heteroatoms. The van der Waals surface area contributed by atoms with Gasteiger partial charge in [-0.3, -0.25) is 10.4 Å². The van der Waals surface area contributed by atoms with Crippen LogP contribution in [0.15, 0.2) is 43.2 Å². The van der Waals surface area contributed by atoms with E-state index in [1.54, 1.807) is 29.1 Å². The molecule has 0 radical (unpaired) electrons. The largest absolute Gasteiger partial charge is 0.384 e. The van der Waals surface area contributed by atoms with E-state index in [2.05, 4.69) is 21.6 Å². The molecule has 98 valence electrons. The molecule has 0 aliphatic carbocycles. The van der Waals surface area contributed by atoms with Gasteiger partial charge in [0.1, 0.15) is 5.84 Å². The van der Waals surface area contributed by atoms with Gasteiger partial charge in [-0.05, 0) is 30.3 Å². The second-order valence-corrected chi connectivity index (χ2v) is 4.19. The Bertz CT molecular complexity index is 803. The first-order valence-corrected chi connectivity index (χ1v) is 5.97. The summed E-state index contributed by atoms with van der Waals surface area (Å²) in [6.45, 7) is 3.67. The first kappa shape index (κ1) is 12.0. The van der Waals surface area contributed by atoms with Crippen LogP contribution in [0.1, 0.15) is 11.4 Å². The van der Waals surface area contributed by atoms with E-state index in [1.165, 1.54) is 0 Å². The number of fused-ring (bicyclic) bond motifs is 1. The SMILES string of the molecule is C=Cc1nc2c(C(=N)N)ccc(-c3ccncc3)n2n1. The third-order valence-corrected chi connectivity index (χ3v) is 2.95. The molecule has 0 bridgehead atoms. The number of nitrogens with two attached hydrogens (primary N) is 1. The standard InChI is InChI=1S/C14H12N6/c1-2-12-18-14-10(13(15)16)3-4-11(20(14)19-12)9-5-7-17-8-6-9/h2-8H,1H2,(H3,15,16). The topological polar surface area (TPSA) is 93.0 Å². The molecule has 0 unspecified atom stereocenters. The lowest BCUT2D eigenvalue weighted by molar-refractivity contribution is 0.959. The van der Waals surface area contributed by atoms with Gasteiger partial charge >= 0.3 is 0 Å². The van der Waals surface area contributed by atoms with Crippen LogP contribution in [0.2, 0.25) is 0 Å². The molecule has 3 heterocycles. The van der Waals surface area contributed by atoms with Gasteiger partial charge in [0, 0.05) is 18.0 Å². The number of hydrogen-bond donors (Lipinski definition) is 2. The molecule has 3 aromatic rings. The molecule has 0 amide bonds. The van der Waals surface area contributed by atoms with Crippen molar-refractivity contribution in [3.63, 3.8) is 0 Å². The zero-order chi connectivity index (χ0) is 14.1. The van der Waals surface area contributed by atoms with E-state index >= 15 is 0 Å². The Morgan fingerprint density at radius 3 is 2.65 bits per heavy atom. The van der Waals surface area contributed by atoms with Gasteiger partial charge in [-0.25, -0.2) is 9.50 Å². The number of pyridine rings is 2. The van der Waals surface area contributed by atoms with Crippen molar-refractivity contribution in [2.24, 2.45) is 5.73 Å². The van der Waals surface area contributed by atoms with Gasteiger partial charge < -0.3 is 5.73 Å². The Morgan fingerprint density at radius 2 is 2.00 bits per heavy atom. The van der Waals surface area contributed by atoms with Crippen molar-refractivity contribution in [1.82, 2.24) is 19.6 Å². The molecule has 0 spiro atoms. The number of amidine groups is 1. The highest BCUT2D eigenvalue weighted by Gasteiger charge is 2.13. The number of nitrogens with zero attached hydrogens (tertiary/aromatic N) is 4. The third-order valence-electron chi connectivity index (χ3n) is 2.95. The molecule has 3 N–H and O–H groups in total. The molecule has 3 aromatic heterocycles. The Balaban J connectivity index is 2.35. The molecule has 0 saturated heterocycles. The average Bonchev–Trinajstić information content (AvgIpc) is 2.90. The lowest BCUT2D eigenvalue weighted by atomic mass is 10.1. The maximum atomic E-state index is 7.62. The van der Waals surface area contributed by atoms with Gasteiger partial charge in [0.2, 0.25) is 0 Å². The summed E-state index contributed by atoms with van der Waals surface area (Å²) < 4.78 is 1.67. The van der Waals surface area contributed by atoms with Crippen LogP contribution in [0.5, 0.6) is 0 Å². The molecule has 0 aliphatic rings. The van der Waals surface area contributed by atoms with Crippen molar-refractivity contribution >= 4 is 17.6 Å². The monoisotopic (exact) mass is 264 g/mol. The molecule has 0 aliphatic heterocycles. The zero-order valence-electron chi connectivity index (χ0n) is 10.6. The van der Waals surface area contributed by atoms with Crippen LogP contribution in [0.3, 0.4) is 0 Å². The lowest BCUT2D eigenvalue weighted by Gasteiger charge is -2.06. The van der Waals surface area contributed by atoms with E-state index in [9.17, 15) is 0 Å².